The highest BCUT2D eigenvalue weighted by atomic mass is 32.2. The number of hydrogen-bond acceptors (Lipinski definition) is 7. The predicted molar refractivity (Wildman–Crippen MR) is 89.5 cm³/mol. The molecule has 22 heavy (non-hydrogen) atoms. The zero-order valence-corrected chi connectivity index (χ0v) is 13.8. The van der Waals surface area contributed by atoms with Gasteiger partial charge in [0.1, 0.15) is 0 Å². The van der Waals surface area contributed by atoms with E-state index in [0.717, 1.165) is 41.0 Å². The van der Waals surface area contributed by atoms with Crippen LogP contribution in [-0.2, 0) is 4.74 Å². The molecular weight excluding hydrogens is 318 g/mol. The average Bonchev–Trinajstić information content (AvgIpc) is 3.23. The highest BCUT2D eigenvalue weighted by Gasteiger charge is 2.16. The summed E-state index contributed by atoms with van der Waals surface area (Å²) in [6.45, 7) is 1.65. The average molecular weight is 337 g/mol. The fourth-order valence-electron chi connectivity index (χ4n) is 2.27. The molecule has 5 nitrogen and oxygen atoms in total. The Morgan fingerprint density at radius 3 is 3.00 bits per heavy atom. The second kappa shape index (κ2) is 7.92. The van der Waals surface area contributed by atoms with Crippen molar-refractivity contribution >= 4 is 28.2 Å². The molecule has 0 unspecified atom stereocenters. The van der Waals surface area contributed by atoms with E-state index in [0.29, 0.717) is 11.9 Å². The Hall–Kier alpha value is -1.15. The molecule has 7 heteroatoms. The van der Waals surface area contributed by atoms with Crippen molar-refractivity contribution in [3.63, 3.8) is 0 Å². The van der Waals surface area contributed by atoms with Crippen molar-refractivity contribution in [1.82, 2.24) is 10.2 Å². The molecule has 1 aliphatic heterocycles. The number of aliphatic hydroxyl groups is 1. The number of thioether (sulfide) groups is 1. The summed E-state index contributed by atoms with van der Waals surface area (Å²) in [6, 6.07) is 9.67. The lowest BCUT2D eigenvalue weighted by atomic mass is 10.1. The molecule has 1 aromatic heterocycles. The number of nitrogens with zero attached hydrogens (tertiary/aromatic N) is 2. The fourth-order valence-corrected chi connectivity index (χ4v) is 4.02. The van der Waals surface area contributed by atoms with Crippen molar-refractivity contribution in [1.29, 1.82) is 0 Å². The largest absolute Gasteiger partial charge is 0.388 e. The maximum Gasteiger partial charge on any atom is 0.206 e. The van der Waals surface area contributed by atoms with Crippen molar-refractivity contribution in [3.8, 4) is 0 Å². The van der Waals surface area contributed by atoms with E-state index in [2.05, 4.69) is 15.5 Å². The Morgan fingerprint density at radius 2 is 2.23 bits per heavy atom. The first kappa shape index (κ1) is 15.7. The Morgan fingerprint density at radius 1 is 1.36 bits per heavy atom. The van der Waals surface area contributed by atoms with Crippen LogP contribution in [0.3, 0.4) is 0 Å². The number of aliphatic hydroxyl groups excluding tert-OH is 1. The van der Waals surface area contributed by atoms with Gasteiger partial charge in [-0.25, -0.2) is 0 Å². The molecule has 0 bridgehead atoms. The molecule has 0 radical (unpaired) electrons. The van der Waals surface area contributed by atoms with E-state index in [1.54, 1.807) is 0 Å². The summed E-state index contributed by atoms with van der Waals surface area (Å²) in [5, 5.41) is 22.5. The number of aromatic nitrogens is 2. The maximum atomic E-state index is 10.1. The zero-order valence-electron chi connectivity index (χ0n) is 12.1. The number of rotatable bonds is 7. The number of anilines is 1. The van der Waals surface area contributed by atoms with Gasteiger partial charge in [-0.15, -0.1) is 10.2 Å². The summed E-state index contributed by atoms with van der Waals surface area (Å²) >= 11 is 3.04. The highest BCUT2D eigenvalue weighted by Crippen LogP contribution is 2.29. The molecule has 0 aliphatic carbocycles. The molecule has 0 saturated carbocycles. The van der Waals surface area contributed by atoms with E-state index in [4.69, 9.17) is 4.74 Å². The molecule has 0 amide bonds. The molecule has 0 spiro atoms. The summed E-state index contributed by atoms with van der Waals surface area (Å²) in [7, 11) is 0. The van der Waals surface area contributed by atoms with Crippen molar-refractivity contribution in [2.24, 2.45) is 0 Å². The van der Waals surface area contributed by atoms with Crippen molar-refractivity contribution in [2.45, 2.75) is 29.4 Å². The Kier molecular flexibility index (Phi) is 5.66. The van der Waals surface area contributed by atoms with Gasteiger partial charge in [0.25, 0.3) is 0 Å². The van der Waals surface area contributed by atoms with Crippen molar-refractivity contribution in [2.75, 3.05) is 24.2 Å². The Bertz CT molecular complexity index is 573. The molecule has 2 N–H and O–H groups in total. The number of ether oxygens (including phenoxy) is 1. The summed E-state index contributed by atoms with van der Waals surface area (Å²) in [5.41, 5.74) is 0.927. The fraction of sp³-hybridized carbons (Fsp3) is 0.467. The van der Waals surface area contributed by atoms with E-state index >= 15 is 0 Å². The quantitative estimate of drug-likeness (QED) is 0.757. The Labute approximate surface area is 138 Å². The van der Waals surface area contributed by atoms with Crippen LogP contribution < -0.4 is 5.32 Å². The third-order valence-electron chi connectivity index (χ3n) is 3.46. The van der Waals surface area contributed by atoms with Crippen LogP contribution >= 0.6 is 23.1 Å². The van der Waals surface area contributed by atoms with Crippen molar-refractivity contribution in [3.05, 3.63) is 35.9 Å². The van der Waals surface area contributed by atoms with Gasteiger partial charge in [0.2, 0.25) is 5.13 Å². The monoisotopic (exact) mass is 337 g/mol. The van der Waals surface area contributed by atoms with E-state index in [1.807, 2.05) is 30.3 Å². The Balaban J connectivity index is 1.45. The van der Waals surface area contributed by atoms with Gasteiger partial charge >= 0.3 is 0 Å². The van der Waals surface area contributed by atoms with Gasteiger partial charge in [0.15, 0.2) is 4.34 Å². The van der Waals surface area contributed by atoms with Gasteiger partial charge in [-0.2, -0.15) is 0 Å². The SMILES string of the molecule is O[C@H](CSc1nnc(NC[C@H]2CCCO2)s1)c1ccccc1. The van der Waals surface area contributed by atoms with Crippen LogP contribution in [0.25, 0.3) is 0 Å². The van der Waals surface area contributed by atoms with E-state index in [1.165, 1.54) is 23.1 Å². The number of benzene rings is 1. The van der Waals surface area contributed by atoms with E-state index in [9.17, 15) is 5.11 Å². The molecule has 3 rings (SSSR count). The lowest BCUT2D eigenvalue weighted by Crippen LogP contribution is -2.18. The molecule has 1 aromatic carbocycles. The van der Waals surface area contributed by atoms with E-state index < -0.39 is 6.10 Å². The van der Waals surface area contributed by atoms with Gasteiger partial charge in [-0.05, 0) is 18.4 Å². The minimum Gasteiger partial charge on any atom is -0.388 e. The van der Waals surface area contributed by atoms with Gasteiger partial charge in [0.05, 0.1) is 12.2 Å². The van der Waals surface area contributed by atoms with Gasteiger partial charge in [-0.1, -0.05) is 53.4 Å². The molecule has 1 fully saturated rings. The predicted octanol–water partition coefficient (Wildman–Crippen LogP) is 2.95. The topological polar surface area (TPSA) is 67.3 Å². The van der Waals surface area contributed by atoms with Crippen LogP contribution in [0.5, 0.6) is 0 Å². The summed E-state index contributed by atoms with van der Waals surface area (Å²) < 4.78 is 6.43. The molecule has 1 saturated heterocycles. The van der Waals surface area contributed by atoms with Crippen LogP contribution in [0.15, 0.2) is 34.7 Å². The molecule has 2 atom stereocenters. The molecule has 2 aromatic rings. The van der Waals surface area contributed by atoms with Crippen LogP contribution in [0.2, 0.25) is 0 Å². The third kappa shape index (κ3) is 4.42. The van der Waals surface area contributed by atoms with Gasteiger partial charge in [-0.3, -0.25) is 0 Å². The lowest BCUT2D eigenvalue weighted by molar-refractivity contribution is 0.120. The van der Waals surface area contributed by atoms with Gasteiger partial charge < -0.3 is 15.2 Å². The first-order valence-electron chi connectivity index (χ1n) is 7.36. The zero-order chi connectivity index (χ0) is 15.2. The van der Waals surface area contributed by atoms with Gasteiger partial charge in [0, 0.05) is 18.9 Å². The summed E-state index contributed by atoms with van der Waals surface area (Å²) in [5.74, 6) is 0.574. The maximum absolute atomic E-state index is 10.1. The smallest absolute Gasteiger partial charge is 0.206 e. The van der Waals surface area contributed by atoms with Crippen LogP contribution in [0.1, 0.15) is 24.5 Å². The second-order valence-electron chi connectivity index (χ2n) is 5.13. The molecule has 1 aliphatic rings. The van der Waals surface area contributed by atoms with E-state index in [-0.39, 0.29) is 0 Å². The normalized spacial score (nSPS) is 19.2. The summed E-state index contributed by atoms with van der Waals surface area (Å²) in [4.78, 5) is 0. The number of hydrogen-bond donors (Lipinski definition) is 2. The molecule has 2 heterocycles. The minimum absolute atomic E-state index is 0.292. The highest BCUT2D eigenvalue weighted by molar-refractivity contribution is 8.01. The van der Waals surface area contributed by atoms with Crippen LogP contribution in [-0.4, -0.2) is 40.3 Å². The lowest BCUT2D eigenvalue weighted by Gasteiger charge is -2.09. The standard InChI is InChI=1S/C15H19N3O2S2/c19-13(11-5-2-1-3-6-11)10-21-15-18-17-14(22-15)16-9-12-7-4-8-20-12/h1-3,5-6,12-13,19H,4,7-10H2,(H,16,17)/t12-,13-/m1/s1. The molecule has 118 valence electrons. The first-order valence-corrected chi connectivity index (χ1v) is 9.16. The van der Waals surface area contributed by atoms with Crippen LogP contribution in [0, 0.1) is 0 Å². The van der Waals surface area contributed by atoms with Crippen molar-refractivity contribution < 1.29 is 9.84 Å². The minimum atomic E-state index is -0.488. The number of nitrogens with one attached hydrogen (secondary N) is 1. The third-order valence-corrected chi connectivity index (χ3v) is 5.55. The second-order valence-corrected chi connectivity index (χ2v) is 7.37. The van der Waals surface area contributed by atoms with Crippen LogP contribution in [0.4, 0.5) is 5.13 Å². The summed E-state index contributed by atoms with van der Waals surface area (Å²) in [6.07, 6.45) is 2.05. The first-order chi connectivity index (χ1) is 10.8. The molecular formula is C15H19N3O2S2.